The fourth-order valence-electron chi connectivity index (χ4n) is 7.16. The average Bonchev–Trinajstić information content (AvgIpc) is 3.48. The van der Waals surface area contributed by atoms with Gasteiger partial charge in [-0.05, 0) is 63.0 Å². The lowest BCUT2D eigenvalue weighted by atomic mass is 9.83. The van der Waals surface area contributed by atoms with Crippen LogP contribution in [0.5, 0.6) is 46.0 Å². The molecule has 0 radical (unpaired) electrons. The molecular weight excluding hydrogens is 624 g/mol. The minimum absolute atomic E-state index is 0.0118. The van der Waals surface area contributed by atoms with Crippen LogP contribution >= 0.6 is 0 Å². The Hall–Kier alpha value is -7.00. The van der Waals surface area contributed by atoms with Crippen LogP contribution in [0.4, 0.5) is 0 Å². The maximum absolute atomic E-state index is 11.5. The van der Waals surface area contributed by atoms with Gasteiger partial charge in [-0.25, -0.2) is 0 Å². The highest BCUT2D eigenvalue weighted by Gasteiger charge is 2.32. The quantitative estimate of drug-likeness (QED) is 0.0516. The molecule has 8 N–H and O–H groups in total. The lowest BCUT2D eigenvalue weighted by Crippen LogP contribution is -1.94. The zero-order chi connectivity index (χ0) is 33.9. The fraction of sp³-hybridized carbons (Fsp3) is 0. The zero-order valence-electron chi connectivity index (χ0n) is 25.2. The predicted molar refractivity (Wildman–Crippen MR) is 188 cm³/mol. The summed E-state index contributed by atoms with van der Waals surface area (Å²) in [4.78, 5) is 0. The molecule has 9 heteroatoms. The smallest absolute Gasteiger partial charge is 0.204 e. The molecule has 1 aromatic heterocycles. The fourth-order valence-corrected chi connectivity index (χ4v) is 7.16. The number of phenolic OH excluding ortho intramolecular Hbond substituents is 8. The molecule has 0 atom stereocenters. The summed E-state index contributed by atoms with van der Waals surface area (Å²) in [5, 5.41) is 93.7. The molecule has 8 aromatic carbocycles. The van der Waals surface area contributed by atoms with Crippen LogP contribution in [-0.2, 0) is 0 Å². The van der Waals surface area contributed by atoms with Gasteiger partial charge in [-0.15, -0.1) is 0 Å². The minimum Gasteiger partial charge on any atom is -0.504 e. The third-order valence-corrected chi connectivity index (χ3v) is 9.46. The third kappa shape index (κ3) is 3.75. The molecule has 0 aliphatic carbocycles. The van der Waals surface area contributed by atoms with Crippen molar-refractivity contribution in [3.8, 4) is 68.2 Å². The van der Waals surface area contributed by atoms with Crippen LogP contribution in [0.2, 0.25) is 0 Å². The number of hydrogen-bond donors (Lipinski definition) is 8. The average molecular weight is 649 g/mol. The molecule has 1 heterocycles. The van der Waals surface area contributed by atoms with E-state index in [0.717, 1.165) is 32.3 Å². The van der Waals surface area contributed by atoms with Crippen LogP contribution in [0.25, 0.3) is 87.3 Å². The summed E-state index contributed by atoms with van der Waals surface area (Å²) in [6.45, 7) is 0. The van der Waals surface area contributed by atoms with E-state index in [2.05, 4.69) is 0 Å². The van der Waals surface area contributed by atoms with Crippen molar-refractivity contribution in [3.05, 3.63) is 97.1 Å². The van der Waals surface area contributed by atoms with Crippen LogP contribution in [0.1, 0.15) is 0 Å². The number of rotatable bonds is 2. The number of phenols is 8. The second kappa shape index (κ2) is 9.76. The molecule has 9 aromatic rings. The Morgan fingerprint density at radius 3 is 1.27 bits per heavy atom. The van der Waals surface area contributed by atoms with Gasteiger partial charge in [0.15, 0.2) is 23.0 Å². The van der Waals surface area contributed by atoms with E-state index in [9.17, 15) is 40.9 Å². The molecule has 9 nitrogen and oxygen atoms in total. The normalized spacial score (nSPS) is 11.9. The number of aromatic hydroxyl groups is 8. The van der Waals surface area contributed by atoms with Crippen LogP contribution in [0.3, 0.4) is 0 Å². The van der Waals surface area contributed by atoms with E-state index in [-0.39, 0.29) is 38.2 Å². The summed E-state index contributed by atoms with van der Waals surface area (Å²) in [6.07, 6.45) is 0. The maximum atomic E-state index is 11.5. The van der Waals surface area contributed by atoms with Gasteiger partial charge in [0.25, 0.3) is 0 Å². The van der Waals surface area contributed by atoms with E-state index in [1.54, 1.807) is 36.4 Å². The standard InChI is InChI=1S/C40H24O9/c41-33-29-27(21-10-9-17-5-1-2-6-18(17)13-21)30-32(36(44)40(48)38(46)34(30)42)28(31(29)35(43)39(47)37(33)45)22-11-12-23-24-14-19-7-3-4-8-20(19)15-26(24)49-25(23)16-22/h1-16,41-48H. The van der Waals surface area contributed by atoms with Gasteiger partial charge >= 0.3 is 0 Å². The van der Waals surface area contributed by atoms with Crippen molar-refractivity contribution in [3.63, 3.8) is 0 Å². The first-order valence-corrected chi connectivity index (χ1v) is 15.2. The zero-order valence-corrected chi connectivity index (χ0v) is 25.2. The Labute approximate surface area is 275 Å². The van der Waals surface area contributed by atoms with Crippen LogP contribution in [-0.4, -0.2) is 40.9 Å². The summed E-state index contributed by atoms with van der Waals surface area (Å²) < 4.78 is 6.27. The second-order valence-electron chi connectivity index (χ2n) is 12.1. The number of furan rings is 1. The molecule has 0 aliphatic rings. The lowest BCUT2D eigenvalue weighted by Gasteiger charge is -2.22. The first-order valence-electron chi connectivity index (χ1n) is 15.2. The van der Waals surface area contributed by atoms with E-state index >= 15 is 0 Å². The van der Waals surface area contributed by atoms with E-state index in [1.165, 1.54) is 0 Å². The van der Waals surface area contributed by atoms with Crippen molar-refractivity contribution >= 4 is 65.0 Å². The van der Waals surface area contributed by atoms with E-state index < -0.39 is 46.0 Å². The van der Waals surface area contributed by atoms with Gasteiger partial charge in [0.05, 0.1) is 0 Å². The van der Waals surface area contributed by atoms with E-state index in [1.807, 2.05) is 60.7 Å². The van der Waals surface area contributed by atoms with Crippen LogP contribution in [0.15, 0.2) is 101 Å². The van der Waals surface area contributed by atoms with Crippen LogP contribution in [0, 0.1) is 0 Å². The topological polar surface area (TPSA) is 175 Å². The van der Waals surface area contributed by atoms with Gasteiger partial charge in [-0.2, -0.15) is 0 Å². The van der Waals surface area contributed by atoms with Gasteiger partial charge in [0.2, 0.25) is 23.0 Å². The number of benzene rings is 8. The molecule has 0 amide bonds. The van der Waals surface area contributed by atoms with Crippen molar-refractivity contribution in [2.45, 2.75) is 0 Å². The van der Waals surface area contributed by atoms with Crippen LogP contribution < -0.4 is 0 Å². The van der Waals surface area contributed by atoms with Crippen molar-refractivity contribution in [1.82, 2.24) is 0 Å². The first-order chi connectivity index (χ1) is 23.6. The van der Waals surface area contributed by atoms with Crippen molar-refractivity contribution < 1.29 is 45.3 Å². The lowest BCUT2D eigenvalue weighted by molar-refractivity contribution is 0.350. The van der Waals surface area contributed by atoms with Crippen molar-refractivity contribution in [1.29, 1.82) is 0 Å². The van der Waals surface area contributed by atoms with Crippen molar-refractivity contribution in [2.24, 2.45) is 0 Å². The Morgan fingerprint density at radius 1 is 0.327 bits per heavy atom. The molecule has 0 fully saturated rings. The molecule has 9 rings (SSSR count). The third-order valence-electron chi connectivity index (χ3n) is 9.46. The van der Waals surface area contributed by atoms with Gasteiger partial charge in [-0.3, -0.25) is 0 Å². The molecule has 0 unspecified atom stereocenters. The molecule has 0 saturated heterocycles. The highest BCUT2D eigenvalue weighted by atomic mass is 16.4. The van der Waals surface area contributed by atoms with E-state index in [0.29, 0.717) is 16.7 Å². The minimum atomic E-state index is -1.03. The molecule has 0 aliphatic heterocycles. The highest BCUT2D eigenvalue weighted by Crippen LogP contribution is 2.62. The Bertz CT molecular complexity index is 2840. The Balaban J connectivity index is 1.49. The molecular formula is C40H24O9. The summed E-state index contributed by atoms with van der Waals surface area (Å²) in [5.41, 5.74) is 1.59. The second-order valence-corrected chi connectivity index (χ2v) is 12.1. The molecule has 0 bridgehead atoms. The molecule has 0 saturated carbocycles. The molecule has 49 heavy (non-hydrogen) atoms. The molecule has 238 valence electrons. The first kappa shape index (κ1) is 28.2. The summed E-state index contributed by atoms with van der Waals surface area (Å²) >= 11 is 0. The monoisotopic (exact) mass is 648 g/mol. The Morgan fingerprint density at radius 2 is 0.735 bits per heavy atom. The maximum Gasteiger partial charge on any atom is 0.204 e. The summed E-state index contributed by atoms with van der Waals surface area (Å²) in [6, 6.07) is 29.4. The SMILES string of the molecule is Oc1c(O)c(O)c2c(-c3ccc4c(c3)oc3cc5ccccc5cc34)c3c(O)c(O)c(O)c(O)c3c(-c3ccc4ccccc4c3)c2c1O. The predicted octanol–water partition coefficient (Wildman–Crippen LogP) is 9.18. The highest BCUT2D eigenvalue weighted by molar-refractivity contribution is 6.29. The molecule has 0 spiro atoms. The van der Waals surface area contributed by atoms with E-state index in [4.69, 9.17) is 4.42 Å². The Kier molecular flexibility index (Phi) is 5.62. The van der Waals surface area contributed by atoms with Gasteiger partial charge in [0, 0.05) is 43.4 Å². The van der Waals surface area contributed by atoms with Gasteiger partial charge in [-0.1, -0.05) is 66.7 Å². The van der Waals surface area contributed by atoms with Gasteiger partial charge < -0.3 is 45.3 Å². The number of fused-ring (bicyclic) bond motifs is 7. The number of hydrogen-bond acceptors (Lipinski definition) is 9. The van der Waals surface area contributed by atoms with Gasteiger partial charge in [0.1, 0.15) is 11.2 Å². The largest absolute Gasteiger partial charge is 0.504 e. The summed E-state index contributed by atoms with van der Waals surface area (Å²) in [5.74, 6) is -7.46. The summed E-state index contributed by atoms with van der Waals surface area (Å²) in [7, 11) is 0. The van der Waals surface area contributed by atoms with Crippen molar-refractivity contribution in [2.75, 3.05) is 0 Å².